The topological polar surface area (TPSA) is 150 Å². The van der Waals surface area contributed by atoms with E-state index in [1.165, 1.54) is 0 Å². The molecule has 12 nitrogen and oxygen atoms in total. The summed E-state index contributed by atoms with van der Waals surface area (Å²) in [6, 6.07) is 18.0. The second-order valence-corrected chi connectivity index (χ2v) is 13.6. The summed E-state index contributed by atoms with van der Waals surface area (Å²) in [5, 5.41) is 8.93. The number of nitrogens with one attached hydrogen (secondary N) is 2. The quantitative estimate of drug-likeness (QED) is 0.142. The molecule has 2 bridgehead atoms. The molecule has 3 saturated heterocycles. The average Bonchev–Trinajstić information content (AvgIpc) is 3.65. The van der Waals surface area contributed by atoms with Crippen LogP contribution >= 0.6 is 23.2 Å². The molecule has 3 aromatic carbocycles. The Morgan fingerprint density at radius 2 is 1.73 bits per heavy atom. The Labute approximate surface area is 310 Å². The van der Waals surface area contributed by atoms with Crippen molar-refractivity contribution in [3.63, 3.8) is 0 Å². The van der Waals surface area contributed by atoms with Crippen LogP contribution in [-0.2, 0) is 22.4 Å². The highest BCUT2D eigenvalue weighted by atomic mass is 35.5. The third kappa shape index (κ3) is 7.80. The first-order valence-electron chi connectivity index (χ1n) is 16.8. The number of aromatic amines is 2. The number of pyridine rings is 1. The van der Waals surface area contributed by atoms with E-state index in [9.17, 15) is 9.59 Å². The number of carbonyl (C=O) groups excluding carboxylic acids is 2. The molecule has 0 saturated carbocycles. The standard InChI is InChI=1S/C38H37Cl2N5O6.H2O/c1-48-32-11-10-26(16-34(32)49-2)33(17-28-29(39)19-41-20-30(28)40)50-37(46)25-8-6-23(7-9-25)21-45(31-5-3-4-27-18-42-43-36(27)31)38(47)51-35-22-44-14-12-24(35)13-15-44;/h3-11,16,18-20,24,33,35H,12-15,17,21-22H2,1-2H3,(H,42,43);1H2/t33-,35-;/m0./s1. The lowest BCUT2D eigenvalue weighted by Gasteiger charge is -2.44. The van der Waals surface area contributed by atoms with Crippen molar-refractivity contribution in [2.75, 3.05) is 38.8 Å². The normalized spacial score (nSPS) is 18.3. The van der Waals surface area contributed by atoms with Gasteiger partial charge in [-0.1, -0.05) is 53.5 Å². The zero-order chi connectivity index (χ0) is 35.5. The number of fused-ring (bicyclic) bond motifs is 4. The van der Waals surface area contributed by atoms with Gasteiger partial charge >= 0.3 is 12.1 Å². The molecule has 3 fully saturated rings. The number of carbonyl (C=O) groups is 2. The first-order valence-corrected chi connectivity index (χ1v) is 17.5. The van der Waals surface area contributed by atoms with Crippen molar-refractivity contribution in [2.45, 2.75) is 38.0 Å². The lowest BCUT2D eigenvalue weighted by atomic mass is 9.86. The van der Waals surface area contributed by atoms with Crippen LogP contribution in [0.1, 0.15) is 46.0 Å². The molecule has 52 heavy (non-hydrogen) atoms. The largest absolute Gasteiger partial charge is 0.870 e. The maximum atomic E-state index is 13.9. The van der Waals surface area contributed by atoms with Crippen molar-refractivity contribution < 1.29 is 39.0 Å². The summed E-state index contributed by atoms with van der Waals surface area (Å²) >= 11 is 13.0. The van der Waals surface area contributed by atoms with Gasteiger partial charge < -0.3 is 24.4 Å². The summed E-state index contributed by atoms with van der Waals surface area (Å²) in [5.74, 6) is 0.847. The maximum Gasteiger partial charge on any atom is 0.414 e. The van der Waals surface area contributed by atoms with E-state index in [-0.39, 0.29) is 24.5 Å². The molecule has 0 radical (unpaired) electrons. The van der Waals surface area contributed by atoms with Gasteiger partial charge in [-0.05, 0) is 73.3 Å². The molecule has 5 aromatic rings. The van der Waals surface area contributed by atoms with Gasteiger partial charge in [-0.15, -0.1) is 0 Å². The SMILES string of the molecule is COc1ccc([C@H](Cc2c(Cl)c[nH+]cc2Cl)OC(=O)c2ccc(CN(C(=O)O[C@H]3CN4CCC3CC4)c3cccc4cn[nH]c34)cc2)cc1OC.[OH-]. The Balaban J connectivity index is 0.00000464. The molecule has 0 spiro atoms. The molecule has 0 unspecified atom stereocenters. The molecule has 3 N–H and O–H groups in total. The molecule has 1 amide bonds. The fraction of sp³-hybridized carbons (Fsp3) is 0.316. The third-order valence-corrected chi connectivity index (χ3v) is 10.4. The predicted molar refractivity (Wildman–Crippen MR) is 195 cm³/mol. The number of para-hydroxylation sites is 1. The number of benzene rings is 3. The summed E-state index contributed by atoms with van der Waals surface area (Å²) in [6.07, 6.45) is 5.90. The molecule has 5 heterocycles. The second kappa shape index (κ2) is 16.2. The lowest BCUT2D eigenvalue weighted by Crippen LogP contribution is -2.53. The third-order valence-electron chi connectivity index (χ3n) is 9.76. The summed E-state index contributed by atoms with van der Waals surface area (Å²) in [7, 11) is 3.09. The summed E-state index contributed by atoms with van der Waals surface area (Å²) in [4.78, 5) is 34.5. The Morgan fingerprint density at radius 3 is 2.40 bits per heavy atom. The van der Waals surface area contributed by atoms with Crippen LogP contribution < -0.4 is 19.4 Å². The molecule has 0 aliphatic carbocycles. The predicted octanol–water partition coefficient (Wildman–Crippen LogP) is 6.90. The van der Waals surface area contributed by atoms with Crippen LogP contribution in [0.4, 0.5) is 10.5 Å². The van der Waals surface area contributed by atoms with Gasteiger partial charge in [0.15, 0.2) is 23.9 Å². The van der Waals surface area contributed by atoms with Gasteiger partial charge in [0.1, 0.15) is 22.3 Å². The molecule has 3 aliphatic rings. The van der Waals surface area contributed by atoms with E-state index in [1.807, 2.05) is 36.4 Å². The average molecular weight is 749 g/mol. The second-order valence-electron chi connectivity index (χ2n) is 12.8. The number of piperidine rings is 3. The van der Waals surface area contributed by atoms with E-state index in [0.29, 0.717) is 49.8 Å². The minimum atomic E-state index is -0.763. The smallest absolute Gasteiger partial charge is 0.414 e. The van der Waals surface area contributed by atoms with E-state index in [2.05, 4.69) is 20.1 Å². The summed E-state index contributed by atoms with van der Waals surface area (Å²) in [5.41, 5.74) is 3.82. The van der Waals surface area contributed by atoms with Crippen LogP contribution in [0.2, 0.25) is 10.0 Å². The summed E-state index contributed by atoms with van der Waals surface area (Å²) in [6.45, 7) is 3.06. The fourth-order valence-electron chi connectivity index (χ4n) is 6.93. The van der Waals surface area contributed by atoms with Gasteiger partial charge in [-0.2, -0.15) is 5.10 Å². The van der Waals surface area contributed by atoms with Crippen LogP contribution in [-0.4, -0.2) is 72.6 Å². The number of aromatic nitrogens is 3. The summed E-state index contributed by atoms with van der Waals surface area (Å²) < 4.78 is 23.2. The molecule has 2 atom stereocenters. The monoisotopic (exact) mass is 747 g/mol. The Bertz CT molecular complexity index is 2010. The Morgan fingerprint density at radius 1 is 1.00 bits per heavy atom. The van der Waals surface area contributed by atoms with E-state index < -0.39 is 18.2 Å². The first-order chi connectivity index (χ1) is 24.8. The van der Waals surface area contributed by atoms with Crippen molar-refractivity contribution in [1.82, 2.24) is 15.1 Å². The van der Waals surface area contributed by atoms with Gasteiger partial charge in [-0.25, -0.2) is 14.6 Å². The zero-order valence-electron chi connectivity index (χ0n) is 28.7. The van der Waals surface area contributed by atoms with Crippen LogP contribution in [0.5, 0.6) is 11.5 Å². The number of esters is 1. The highest BCUT2D eigenvalue weighted by molar-refractivity contribution is 6.35. The van der Waals surface area contributed by atoms with Crippen molar-refractivity contribution >= 4 is 51.9 Å². The number of halogens is 2. The Hall–Kier alpha value is -4.88. The van der Waals surface area contributed by atoms with Crippen LogP contribution in [0.3, 0.4) is 0 Å². The molecule has 8 rings (SSSR count). The van der Waals surface area contributed by atoms with E-state index in [1.54, 1.807) is 62.0 Å². The van der Waals surface area contributed by atoms with E-state index in [0.717, 1.165) is 48.9 Å². The van der Waals surface area contributed by atoms with E-state index >= 15 is 0 Å². The lowest BCUT2D eigenvalue weighted by molar-refractivity contribution is -0.377. The number of hydrogen-bond donors (Lipinski definition) is 1. The highest BCUT2D eigenvalue weighted by Gasteiger charge is 2.38. The zero-order valence-corrected chi connectivity index (χ0v) is 30.2. The van der Waals surface area contributed by atoms with Gasteiger partial charge in [0.2, 0.25) is 0 Å². The highest BCUT2D eigenvalue weighted by Crippen LogP contribution is 2.36. The Kier molecular flexibility index (Phi) is 11.5. The number of anilines is 1. The molecular weight excluding hydrogens is 709 g/mol. The number of methoxy groups -OCH3 is 2. The molecule has 14 heteroatoms. The number of hydrogen-bond acceptors (Lipinski definition) is 9. The van der Waals surface area contributed by atoms with Crippen LogP contribution in [0.15, 0.2) is 79.3 Å². The van der Waals surface area contributed by atoms with Crippen molar-refractivity contribution in [3.05, 3.63) is 112 Å². The minimum Gasteiger partial charge on any atom is -0.870 e. The molecule has 2 aromatic heterocycles. The van der Waals surface area contributed by atoms with Gasteiger partial charge in [-0.3, -0.25) is 14.9 Å². The van der Waals surface area contributed by atoms with Gasteiger partial charge in [0, 0.05) is 23.9 Å². The fourth-order valence-corrected chi connectivity index (χ4v) is 7.46. The maximum absolute atomic E-state index is 13.9. The van der Waals surface area contributed by atoms with Crippen molar-refractivity contribution in [2.24, 2.45) is 5.92 Å². The molecular formula is C38H39Cl2N5O7. The van der Waals surface area contributed by atoms with Crippen LogP contribution in [0.25, 0.3) is 10.9 Å². The minimum absolute atomic E-state index is 0. The van der Waals surface area contributed by atoms with Crippen molar-refractivity contribution in [3.8, 4) is 11.5 Å². The molecule has 272 valence electrons. The van der Waals surface area contributed by atoms with Crippen LogP contribution in [0, 0.1) is 5.92 Å². The number of ether oxygens (including phenoxy) is 4. The first kappa shape index (κ1) is 36.9. The molecule has 3 aliphatic heterocycles. The van der Waals surface area contributed by atoms with Gasteiger partial charge in [0.25, 0.3) is 0 Å². The van der Waals surface area contributed by atoms with Crippen molar-refractivity contribution in [1.29, 1.82) is 0 Å². The number of nitrogens with zero attached hydrogens (tertiary/aromatic N) is 3. The number of rotatable bonds is 11. The number of amides is 1. The number of H-pyrrole nitrogens is 2. The van der Waals surface area contributed by atoms with Gasteiger partial charge in [0.05, 0.1) is 43.7 Å². The van der Waals surface area contributed by atoms with E-state index in [4.69, 9.17) is 42.1 Å².